The van der Waals surface area contributed by atoms with Gasteiger partial charge in [0, 0.05) is 16.7 Å². The van der Waals surface area contributed by atoms with Gasteiger partial charge in [0.1, 0.15) is 11.8 Å². The third-order valence-electron chi connectivity index (χ3n) is 3.22. The molecule has 0 bridgehead atoms. The number of nitrogen functional groups attached to an aromatic ring is 1. The fraction of sp³-hybridized carbons (Fsp3) is 0.312. The Morgan fingerprint density at radius 3 is 2.92 bits per heavy atom. The third kappa shape index (κ3) is 4.27. The smallest absolute Gasteiger partial charge is 0.362 e. The summed E-state index contributed by atoms with van der Waals surface area (Å²) in [6.07, 6.45) is 0.869. The predicted octanol–water partition coefficient (Wildman–Crippen LogP) is 2.94. The van der Waals surface area contributed by atoms with E-state index in [4.69, 9.17) is 15.3 Å². The van der Waals surface area contributed by atoms with Crippen molar-refractivity contribution >= 4 is 39.9 Å². The molecule has 126 valence electrons. The monoisotopic (exact) mass is 363 g/mol. The first-order valence-electron chi connectivity index (χ1n) is 7.51. The number of nitrogens with two attached hydrogens (primary N) is 1. The molecule has 0 spiro atoms. The van der Waals surface area contributed by atoms with E-state index in [9.17, 15) is 4.79 Å². The van der Waals surface area contributed by atoms with Gasteiger partial charge in [-0.15, -0.1) is 23.1 Å². The van der Waals surface area contributed by atoms with Gasteiger partial charge in [0.25, 0.3) is 0 Å². The minimum atomic E-state index is -0.560. The molecule has 0 saturated heterocycles. The zero-order valence-electron chi connectivity index (χ0n) is 13.0. The van der Waals surface area contributed by atoms with Gasteiger partial charge < -0.3 is 15.3 Å². The summed E-state index contributed by atoms with van der Waals surface area (Å²) in [5.74, 6) is -0.560. The standard InChI is InChI=1S/C16H17N3O3S2/c1-2-21-15(20)14(11-9-23-16(17)18-11)19-22-12-8-13(12)24-10-6-4-3-5-7-10/h3-7,9,12-13H,2,8H2,1H3,(H2,17,18). The molecular weight excluding hydrogens is 346 g/mol. The van der Waals surface area contributed by atoms with Crippen LogP contribution in [0.1, 0.15) is 19.0 Å². The second-order valence-corrected chi connectivity index (χ2v) is 7.28. The summed E-state index contributed by atoms with van der Waals surface area (Å²) in [7, 11) is 0. The quantitative estimate of drug-likeness (QED) is 0.462. The summed E-state index contributed by atoms with van der Waals surface area (Å²) in [5.41, 5.74) is 6.06. The number of carbonyl (C=O) groups excluding carboxylic acids is 1. The molecule has 2 aromatic rings. The highest BCUT2D eigenvalue weighted by atomic mass is 32.2. The molecule has 2 unspecified atom stereocenters. The molecule has 8 heteroatoms. The first-order chi connectivity index (χ1) is 11.7. The van der Waals surface area contributed by atoms with E-state index in [0.717, 1.165) is 6.42 Å². The summed E-state index contributed by atoms with van der Waals surface area (Å²) in [6, 6.07) is 10.1. The van der Waals surface area contributed by atoms with Crippen LogP contribution in [-0.4, -0.2) is 34.6 Å². The van der Waals surface area contributed by atoms with Gasteiger partial charge in [0.05, 0.1) is 11.9 Å². The van der Waals surface area contributed by atoms with Gasteiger partial charge in [0.15, 0.2) is 5.13 Å². The summed E-state index contributed by atoms with van der Waals surface area (Å²) < 4.78 is 5.01. The fourth-order valence-electron chi connectivity index (χ4n) is 1.96. The van der Waals surface area contributed by atoms with Crippen LogP contribution in [0.5, 0.6) is 0 Å². The second-order valence-electron chi connectivity index (χ2n) is 5.08. The topological polar surface area (TPSA) is 86.8 Å². The van der Waals surface area contributed by atoms with E-state index >= 15 is 0 Å². The van der Waals surface area contributed by atoms with Crippen molar-refractivity contribution in [3.05, 3.63) is 41.4 Å². The van der Waals surface area contributed by atoms with Crippen LogP contribution in [0, 0.1) is 0 Å². The number of nitrogens with zero attached hydrogens (tertiary/aromatic N) is 2. The van der Waals surface area contributed by atoms with Crippen molar-refractivity contribution in [2.45, 2.75) is 29.6 Å². The van der Waals surface area contributed by atoms with E-state index in [1.807, 2.05) is 18.2 Å². The number of anilines is 1. The summed E-state index contributed by atoms with van der Waals surface area (Å²) in [5, 5.41) is 6.36. The van der Waals surface area contributed by atoms with Crippen molar-refractivity contribution in [1.29, 1.82) is 0 Å². The Kier molecular flexibility index (Phi) is 5.37. The van der Waals surface area contributed by atoms with Crippen LogP contribution in [0.4, 0.5) is 5.13 Å². The highest BCUT2D eigenvalue weighted by Gasteiger charge is 2.41. The maximum Gasteiger partial charge on any atom is 0.362 e. The lowest BCUT2D eigenvalue weighted by Crippen LogP contribution is -2.20. The highest BCUT2D eigenvalue weighted by molar-refractivity contribution is 8.00. The van der Waals surface area contributed by atoms with E-state index in [-0.39, 0.29) is 18.4 Å². The van der Waals surface area contributed by atoms with Crippen molar-refractivity contribution in [1.82, 2.24) is 4.98 Å². The maximum atomic E-state index is 12.0. The lowest BCUT2D eigenvalue weighted by molar-refractivity contribution is -0.135. The molecular formula is C16H17N3O3S2. The van der Waals surface area contributed by atoms with E-state index in [1.165, 1.54) is 16.2 Å². The molecule has 1 aliphatic rings. The lowest BCUT2D eigenvalue weighted by Gasteiger charge is -2.04. The average molecular weight is 363 g/mol. The lowest BCUT2D eigenvalue weighted by atomic mass is 10.3. The number of carbonyl (C=O) groups is 1. The molecule has 0 radical (unpaired) electrons. The number of hydrogen-bond acceptors (Lipinski definition) is 8. The minimum Gasteiger partial charge on any atom is -0.461 e. The van der Waals surface area contributed by atoms with Gasteiger partial charge in [-0.2, -0.15) is 0 Å². The predicted molar refractivity (Wildman–Crippen MR) is 95.3 cm³/mol. The SMILES string of the molecule is CCOC(=O)C(=NOC1CC1Sc1ccccc1)c1csc(N)n1. The van der Waals surface area contributed by atoms with Gasteiger partial charge in [-0.3, -0.25) is 0 Å². The number of oxime groups is 1. The van der Waals surface area contributed by atoms with Crippen molar-refractivity contribution in [2.24, 2.45) is 5.16 Å². The minimum absolute atomic E-state index is 0.0179. The molecule has 24 heavy (non-hydrogen) atoms. The van der Waals surface area contributed by atoms with Crippen molar-refractivity contribution in [3.8, 4) is 0 Å². The van der Waals surface area contributed by atoms with Crippen molar-refractivity contribution in [2.75, 3.05) is 12.3 Å². The van der Waals surface area contributed by atoms with Crippen LogP contribution in [0.3, 0.4) is 0 Å². The van der Waals surface area contributed by atoms with E-state index in [0.29, 0.717) is 16.1 Å². The zero-order valence-corrected chi connectivity index (χ0v) is 14.7. The van der Waals surface area contributed by atoms with Gasteiger partial charge >= 0.3 is 5.97 Å². The molecule has 2 N–H and O–H groups in total. The molecule has 6 nitrogen and oxygen atoms in total. The van der Waals surface area contributed by atoms with Crippen LogP contribution < -0.4 is 5.73 Å². The average Bonchev–Trinajstić information content (AvgIpc) is 3.16. The van der Waals surface area contributed by atoms with Gasteiger partial charge in [0.2, 0.25) is 5.71 Å². The van der Waals surface area contributed by atoms with Crippen LogP contribution in [0.15, 0.2) is 45.8 Å². The Labute approximate surface area is 148 Å². The Morgan fingerprint density at radius 1 is 1.46 bits per heavy atom. The molecule has 1 fully saturated rings. The third-order valence-corrected chi connectivity index (χ3v) is 5.24. The molecule has 1 aliphatic carbocycles. The van der Waals surface area contributed by atoms with E-state index in [2.05, 4.69) is 22.3 Å². The number of thiazole rings is 1. The Hall–Kier alpha value is -2.06. The molecule has 1 aromatic heterocycles. The number of rotatable bonds is 7. The fourth-order valence-corrected chi connectivity index (χ4v) is 3.66. The number of esters is 1. The van der Waals surface area contributed by atoms with Crippen LogP contribution in [0.25, 0.3) is 0 Å². The number of aromatic nitrogens is 1. The number of ether oxygens (including phenoxy) is 1. The molecule has 1 aromatic carbocycles. The van der Waals surface area contributed by atoms with E-state index in [1.54, 1.807) is 24.1 Å². The molecule has 1 heterocycles. The van der Waals surface area contributed by atoms with Crippen molar-refractivity contribution in [3.63, 3.8) is 0 Å². The summed E-state index contributed by atoms with van der Waals surface area (Å²) in [6.45, 7) is 1.99. The molecule has 0 amide bonds. The molecule has 0 aliphatic heterocycles. The van der Waals surface area contributed by atoms with E-state index < -0.39 is 5.97 Å². The number of thioether (sulfide) groups is 1. The van der Waals surface area contributed by atoms with Gasteiger partial charge in [-0.1, -0.05) is 23.4 Å². The maximum absolute atomic E-state index is 12.0. The Morgan fingerprint density at radius 2 is 2.25 bits per heavy atom. The Balaban J connectivity index is 1.63. The van der Waals surface area contributed by atoms with Crippen molar-refractivity contribution < 1.29 is 14.4 Å². The first-order valence-corrected chi connectivity index (χ1v) is 9.27. The largest absolute Gasteiger partial charge is 0.461 e. The number of hydrogen-bond donors (Lipinski definition) is 1. The molecule has 1 saturated carbocycles. The zero-order chi connectivity index (χ0) is 16.9. The Bertz CT molecular complexity index is 733. The van der Waals surface area contributed by atoms with Gasteiger partial charge in [-0.05, 0) is 19.1 Å². The van der Waals surface area contributed by atoms with Crippen LogP contribution in [-0.2, 0) is 14.4 Å². The summed E-state index contributed by atoms with van der Waals surface area (Å²) in [4.78, 5) is 22.8. The van der Waals surface area contributed by atoms with Crippen LogP contribution >= 0.6 is 23.1 Å². The second kappa shape index (κ2) is 7.67. The number of benzene rings is 1. The molecule has 2 atom stereocenters. The molecule has 3 rings (SSSR count). The summed E-state index contributed by atoms with van der Waals surface area (Å²) >= 11 is 2.98. The van der Waals surface area contributed by atoms with Gasteiger partial charge in [-0.25, -0.2) is 9.78 Å². The normalized spacial score (nSPS) is 19.8. The van der Waals surface area contributed by atoms with Crippen LogP contribution in [0.2, 0.25) is 0 Å². The highest BCUT2D eigenvalue weighted by Crippen LogP contribution is 2.41. The first kappa shape index (κ1) is 16.8.